The number of carbonyl (C=O) groups excluding carboxylic acids is 1. The van der Waals surface area contributed by atoms with Gasteiger partial charge in [0, 0.05) is 57.1 Å². The molecule has 1 aliphatic heterocycles. The van der Waals surface area contributed by atoms with Gasteiger partial charge in [0.25, 0.3) is 0 Å². The Morgan fingerprint density at radius 2 is 1.88 bits per heavy atom. The minimum Gasteiger partial charge on any atom is -0.371 e. The first kappa shape index (κ1) is 18.9. The maximum absolute atomic E-state index is 13.0. The summed E-state index contributed by atoms with van der Waals surface area (Å²) in [6.07, 6.45) is 0. The maximum Gasteiger partial charge on any atom is 0.182 e. The normalized spacial score (nSPS) is 16.2. The topological polar surface area (TPSA) is 47.6 Å². The van der Waals surface area contributed by atoms with E-state index in [0.29, 0.717) is 0 Å². The highest BCUT2D eigenvalue weighted by Crippen LogP contribution is 2.23. The van der Waals surface area contributed by atoms with Crippen molar-refractivity contribution in [1.29, 1.82) is 0 Å². The minimum atomic E-state index is -0.458. The lowest BCUT2D eigenvalue weighted by Gasteiger charge is -2.40. The molecule has 1 saturated heterocycles. The molecule has 2 rings (SSSR count). The van der Waals surface area contributed by atoms with Crippen molar-refractivity contribution in [2.75, 3.05) is 57.8 Å². The zero-order chi connectivity index (χ0) is 17.6. The number of anilines is 1. The molecule has 0 unspecified atom stereocenters. The van der Waals surface area contributed by atoms with Gasteiger partial charge in [0.2, 0.25) is 0 Å². The molecule has 0 aromatic heterocycles. The summed E-state index contributed by atoms with van der Waals surface area (Å²) in [5.74, 6) is 0.203. The van der Waals surface area contributed by atoms with Gasteiger partial charge in [0.05, 0.1) is 5.54 Å². The average Bonchev–Trinajstić information content (AvgIpc) is 2.63. The Balaban J connectivity index is 2.09. The first-order chi connectivity index (χ1) is 11.5. The molecule has 1 fully saturated rings. The second kappa shape index (κ2) is 8.60. The standard InChI is InChI=1S/C19H32N4O/c1-5-22(13-10-20-4)17-8-6-16(7-9-17)18(24)19(2,3)23-14-11-21-12-15-23/h6-9,20-21H,5,10-15H2,1-4H3. The van der Waals surface area contributed by atoms with Crippen LogP contribution in [0.5, 0.6) is 0 Å². The molecule has 2 N–H and O–H groups in total. The van der Waals surface area contributed by atoms with Crippen molar-refractivity contribution in [2.24, 2.45) is 0 Å². The first-order valence-corrected chi connectivity index (χ1v) is 9.01. The van der Waals surface area contributed by atoms with E-state index in [1.807, 2.05) is 33.0 Å². The summed E-state index contributed by atoms with van der Waals surface area (Å²) in [6, 6.07) is 8.09. The molecule has 0 bridgehead atoms. The van der Waals surface area contributed by atoms with Gasteiger partial charge in [0.1, 0.15) is 0 Å². The largest absolute Gasteiger partial charge is 0.371 e. The average molecular weight is 332 g/mol. The molecule has 0 radical (unpaired) electrons. The van der Waals surface area contributed by atoms with Crippen LogP contribution < -0.4 is 15.5 Å². The Morgan fingerprint density at radius 3 is 2.42 bits per heavy atom. The van der Waals surface area contributed by atoms with Gasteiger partial charge in [-0.3, -0.25) is 9.69 Å². The number of ketones is 1. The molecule has 5 nitrogen and oxygen atoms in total. The summed E-state index contributed by atoms with van der Waals surface area (Å²) in [5.41, 5.74) is 1.51. The molecule has 0 spiro atoms. The number of hydrogen-bond donors (Lipinski definition) is 2. The zero-order valence-corrected chi connectivity index (χ0v) is 15.6. The first-order valence-electron chi connectivity index (χ1n) is 9.01. The van der Waals surface area contributed by atoms with Crippen LogP contribution in [0.25, 0.3) is 0 Å². The van der Waals surface area contributed by atoms with E-state index in [-0.39, 0.29) is 5.78 Å². The summed E-state index contributed by atoms with van der Waals surface area (Å²) >= 11 is 0. The number of hydrogen-bond acceptors (Lipinski definition) is 5. The smallest absolute Gasteiger partial charge is 0.182 e. The lowest BCUT2D eigenvalue weighted by atomic mass is 9.90. The monoisotopic (exact) mass is 332 g/mol. The number of carbonyl (C=O) groups is 1. The number of likely N-dealkylation sites (N-methyl/N-ethyl adjacent to an activating group) is 2. The Labute approximate surface area is 146 Å². The van der Waals surface area contributed by atoms with Crippen LogP contribution >= 0.6 is 0 Å². The third-order valence-corrected chi connectivity index (χ3v) is 4.97. The van der Waals surface area contributed by atoms with Crippen LogP contribution in [0.15, 0.2) is 24.3 Å². The van der Waals surface area contributed by atoms with Gasteiger partial charge in [0.15, 0.2) is 5.78 Å². The lowest BCUT2D eigenvalue weighted by molar-refractivity contribution is 0.0602. The quantitative estimate of drug-likeness (QED) is 0.708. The summed E-state index contributed by atoms with van der Waals surface area (Å²) in [7, 11) is 1.97. The van der Waals surface area contributed by atoms with Crippen LogP contribution in [0.1, 0.15) is 31.1 Å². The molecule has 5 heteroatoms. The van der Waals surface area contributed by atoms with Crippen LogP contribution in [-0.4, -0.2) is 69.1 Å². The molecule has 1 aliphatic rings. The number of benzene rings is 1. The summed E-state index contributed by atoms with van der Waals surface area (Å²) in [6.45, 7) is 12.9. The third-order valence-electron chi connectivity index (χ3n) is 4.97. The Morgan fingerprint density at radius 1 is 1.25 bits per heavy atom. The highest BCUT2D eigenvalue weighted by molar-refractivity contribution is 6.02. The van der Waals surface area contributed by atoms with Gasteiger partial charge in [-0.05, 0) is 52.1 Å². The van der Waals surface area contributed by atoms with Crippen molar-refractivity contribution in [3.63, 3.8) is 0 Å². The summed E-state index contributed by atoms with van der Waals surface area (Å²) < 4.78 is 0. The fourth-order valence-electron chi connectivity index (χ4n) is 3.26. The minimum absolute atomic E-state index is 0.203. The van der Waals surface area contributed by atoms with Crippen LogP contribution in [0.4, 0.5) is 5.69 Å². The number of rotatable bonds is 8. The van der Waals surface area contributed by atoms with E-state index in [2.05, 4.69) is 39.5 Å². The Bertz CT molecular complexity index is 521. The summed E-state index contributed by atoms with van der Waals surface area (Å²) in [5, 5.41) is 6.53. The van der Waals surface area contributed by atoms with E-state index in [4.69, 9.17) is 0 Å². The van der Waals surface area contributed by atoms with Gasteiger partial charge in [-0.1, -0.05) is 0 Å². The number of piperazine rings is 1. The molecule has 1 aromatic carbocycles. The molecular formula is C19H32N4O. The van der Waals surface area contributed by atoms with Crippen LogP contribution in [-0.2, 0) is 0 Å². The van der Waals surface area contributed by atoms with Crippen molar-refractivity contribution >= 4 is 11.5 Å². The molecule has 0 aliphatic carbocycles. The second-order valence-electron chi connectivity index (χ2n) is 6.86. The molecule has 0 amide bonds. The molecule has 134 valence electrons. The van der Waals surface area contributed by atoms with Gasteiger partial charge in [-0.2, -0.15) is 0 Å². The highest BCUT2D eigenvalue weighted by atomic mass is 16.1. The van der Waals surface area contributed by atoms with Crippen LogP contribution in [0.3, 0.4) is 0 Å². The van der Waals surface area contributed by atoms with Crippen molar-refractivity contribution in [3.05, 3.63) is 29.8 Å². The van der Waals surface area contributed by atoms with Crippen molar-refractivity contribution < 1.29 is 4.79 Å². The van der Waals surface area contributed by atoms with Crippen molar-refractivity contribution in [1.82, 2.24) is 15.5 Å². The number of Topliss-reactive ketones (excluding diaryl/α,β-unsaturated/α-hetero) is 1. The molecule has 1 aromatic rings. The van der Waals surface area contributed by atoms with E-state index >= 15 is 0 Å². The molecule has 1 heterocycles. The van der Waals surface area contributed by atoms with E-state index < -0.39 is 5.54 Å². The summed E-state index contributed by atoms with van der Waals surface area (Å²) in [4.78, 5) is 17.6. The third kappa shape index (κ3) is 4.35. The lowest BCUT2D eigenvalue weighted by Crippen LogP contribution is -2.57. The predicted octanol–water partition coefficient (Wildman–Crippen LogP) is 1.60. The van der Waals surface area contributed by atoms with Gasteiger partial charge >= 0.3 is 0 Å². The van der Waals surface area contributed by atoms with E-state index in [0.717, 1.165) is 51.4 Å². The molecule has 24 heavy (non-hydrogen) atoms. The van der Waals surface area contributed by atoms with E-state index in [9.17, 15) is 4.79 Å². The van der Waals surface area contributed by atoms with E-state index in [1.165, 1.54) is 5.69 Å². The Kier molecular flexibility index (Phi) is 6.78. The van der Waals surface area contributed by atoms with Crippen molar-refractivity contribution in [3.8, 4) is 0 Å². The maximum atomic E-state index is 13.0. The second-order valence-corrected chi connectivity index (χ2v) is 6.86. The highest BCUT2D eigenvalue weighted by Gasteiger charge is 2.35. The fraction of sp³-hybridized carbons (Fsp3) is 0.632. The fourth-order valence-corrected chi connectivity index (χ4v) is 3.26. The number of nitrogens with one attached hydrogen (secondary N) is 2. The zero-order valence-electron chi connectivity index (χ0n) is 15.6. The Hall–Kier alpha value is -1.43. The molecule has 0 atom stereocenters. The molecule has 0 saturated carbocycles. The van der Waals surface area contributed by atoms with Crippen molar-refractivity contribution in [2.45, 2.75) is 26.3 Å². The number of nitrogens with zero attached hydrogens (tertiary/aromatic N) is 2. The van der Waals surface area contributed by atoms with E-state index in [1.54, 1.807) is 0 Å². The van der Waals surface area contributed by atoms with Gasteiger partial charge in [-0.15, -0.1) is 0 Å². The van der Waals surface area contributed by atoms with Gasteiger partial charge in [-0.25, -0.2) is 0 Å². The van der Waals surface area contributed by atoms with Crippen LogP contribution in [0, 0.1) is 0 Å². The SMILES string of the molecule is CCN(CCNC)c1ccc(C(=O)C(C)(C)N2CCNCC2)cc1. The van der Waals surface area contributed by atoms with Gasteiger partial charge < -0.3 is 15.5 Å². The molecular weight excluding hydrogens is 300 g/mol. The predicted molar refractivity (Wildman–Crippen MR) is 101 cm³/mol. The van der Waals surface area contributed by atoms with Crippen LogP contribution in [0.2, 0.25) is 0 Å².